The van der Waals surface area contributed by atoms with Crippen LogP contribution < -0.4 is 0 Å². The lowest BCUT2D eigenvalue weighted by Crippen LogP contribution is -1.83. The van der Waals surface area contributed by atoms with Gasteiger partial charge in [0, 0.05) is 24.1 Å². The molecule has 1 heteroatoms. The normalized spacial score (nSPS) is 11.5. The number of rotatable bonds is 1. The molecule has 0 aliphatic rings. The van der Waals surface area contributed by atoms with Gasteiger partial charge >= 0.3 is 0 Å². The highest BCUT2D eigenvalue weighted by Crippen LogP contribution is 2.20. The number of aryl methyl sites for hydroxylation is 1. The van der Waals surface area contributed by atoms with Crippen LogP contribution >= 0.6 is 0 Å². The number of hydrogen-bond acceptors (Lipinski definition) is 0. The molecule has 66 valence electrons. The first-order chi connectivity index (χ1) is 6.33. The van der Waals surface area contributed by atoms with Crippen LogP contribution in [0.4, 0.5) is 0 Å². The van der Waals surface area contributed by atoms with E-state index < -0.39 is 0 Å². The Morgan fingerprint density at radius 1 is 1.23 bits per heavy atom. The van der Waals surface area contributed by atoms with Crippen molar-refractivity contribution >= 4 is 17.0 Å². The van der Waals surface area contributed by atoms with E-state index in [1.165, 1.54) is 16.5 Å². The topological polar surface area (TPSA) is 4.93 Å². The minimum Gasteiger partial charge on any atom is -0.351 e. The SMILES string of the molecule is C/C=C/c1cccc2c1ccn2C. The highest BCUT2D eigenvalue weighted by molar-refractivity contribution is 5.88. The molecule has 1 heterocycles. The van der Waals surface area contributed by atoms with Crippen LogP contribution in [-0.4, -0.2) is 4.57 Å². The summed E-state index contributed by atoms with van der Waals surface area (Å²) in [5, 5.41) is 1.32. The van der Waals surface area contributed by atoms with Crippen LogP contribution in [0.25, 0.3) is 17.0 Å². The molecule has 1 nitrogen and oxygen atoms in total. The molecule has 0 aliphatic heterocycles. The van der Waals surface area contributed by atoms with Crippen LogP contribution in [0.5, 0.6) is 0 Å². The Bertz CT molecular complexity index is 449. The second-order valence-electron chi connectivity index (χ2n) is 3.21. The molecule has 0 bridgehead atoms. The van der Waals surface area contributed by atoms with E-state index in [9.17, 15) is 0 Å². The lowest BCUT2D eigenvalue weighted by atomic mass is 10.1. The Kier molecular flexibility index (Phi) is 1.93. The van der Waals surface area contributed by atoms with E-state index >= 15 is 0 Å². The molecule has 0 fully saturated rings. The van der Waals surface area contributed by atoms with E-state index in [4.69, 9.17) is 0 Å². The van der Waals surface area contributed by atoms with Crippen molar-refractivity contribution in [3.05, 3.63) is 42.1 Å². The molecule has 1 aromatic carbocycles. The first-order valence-corrected chi connectivity index (χ1v) is 4.49. The molecule has 2 rings (SSSR count). The summed E-state index contributed by atoms with van der Waals surface area (Å²) >= 11 is 0. The van der Waals surface area contributed by atoms with Gasteiger partial charge in [0.15, 0.2) is 0 Å². The fraction of sp³-hybridized carbons (Fsp3) is 0.167. The van der Waals surface area contributed by atoms with Gasteiger partial charge in [0.1, 0.15) is 0 Å². The van der Waals surface area contributed by atoms with Crippen LogP contribution in [0, 0.1) is 0 Å². The van der Waals surface area contributed by atoms with Crippen molar-refractivity contribution in [1.82, 2.24) is 4.57 Å². The summed E-state index contributed by atoms with van der Waals surface area (Å²) in [4.78, 5) is 0. The quantitative estimate of drug-likeness (QED) is 0.621. The molecule has 0 amide bonds. The minimum atomic E-state index is 1.29. The molecule has 0 saturated heterocycles. The molecule has 1 aromatic heterocycles. The molecule has 13 heavy (non-hydrogen) atoms. The van der Waals surface area contributed by atoms with Crippen molar-refractivity contribution in [3.63, 3.8) is 0 Å². The average molecular weight is 171 g/mol. The van der Waals surface area contributed by atoms with Gasteiger partial charge in [0.2, 0.25) is 0 Å². The molecule has 0 saturated carbocycles. The van der Waals surface area contributed by atoms with E-state index in [1.54, 1.807) is 0 Å². The molecule has 0 radical (unpaired) electrons. The fourth-order valence-electron chi connectivity index (χ4n) is 1.65. The largest absolute Gasteiger partial charge is 0.351 e. The van der Waals surface area contributed by atoms with E-state index in [-0.39, 0.29) is 0 Å². The molecule has 2 aromatic rings. The molecule has 0 aliphatic carbocycles. The summed E-state index contributed by atoms with van der Waals surface area (Å²) in [5.41, 5.74) is 2.58. The minimum absolute atomic E-state index is 1.29. The van der Waals surface area contributed by atoms with Crippen LogP contribution in [0.1, 0.15) is 12.5 Å². The molecule has 0 atom stereocenters. The first kappa shape index (κ1) is 8.11. The predicted octanol–water partition coefficient (Wildman–Crippen LogP) is 3.21. The Hall–Kier alpha value is -1.50. The van der Waals surface area contributed by atoms with Crippen molar-refractivity contribution in [3.8, 4) is 0 Å². The Morgan fingerprint density at radius 2 is 2.08 bits per heavy atom. The van der Waals surface area contributed by atoms with Crippen LogP contribution in [0.3, 0.4) is 0 Å². The third-order valence-electron chi connectivity index (χ3n) is 2.31. The molecule has 0 spiro atoms. The van der Waals surface area contributed by atoms with Gasteiger partial charge in [0.25, 0.3) is 0 Å². The Morgan fingerprint density at radius 3 is 2.85 bits per heavy atom. The molecular weight excluding hydrogens is 158 g/mol. The first-order valence-electron chi connectivity index (χ1n) is 4.49. The van der Waals surface area contributed by atoms with E-state index in [1.807, 2.05) is 6.92 Å². The van der Waals surface area contributed by atoms with Crippen molar-refractivity contribution in [1.29, 1.82) is 0 Å². The summed E-state index contributed by atoms with van der Waals surface area (Å²) in [6.45, 7) is 2.04. The summed E-state index contributed by atoms with van der Waals surface area (Å²) in [7, 11) is 2.07. The number of hydrogen-bond donors (Lipinski definition) is 0. The van der Waals surface area contributed by atoms with E-state index in [0.29, 0.717) is 0 Å². The van der Waals surface area contributed by atoms with Crippen molar-refractivity contribution in [2.75, 3.05) is 0 Å². The van der Waals surface area contributed by atoms with Gasteiger partial charge in [-0.3, -0.25) is 0 Å². The van der Waals surface area contributed by atoms with Gasteiger partial charge < -0.3 is 4.57 Å². The Labute approximate surface area is 78.3 Å². The maximum atomic E-state index is 2.16. The Balaban J connectivity index is 2.76. The highest BCUT2D eigenvalue weighted by Gasteiger charge is 1.99. The van der Waals surface area contributed by atoms with Gasteiger partial charge in [0.05, 0.1) is 0 Å². The van der Waals surface area contributed by atoms with Crippen LogP contribution in [0.15, 0.2) is 36.5 Å². The van der Waals surface area contributed by atoms with Gasteiger partial charge in [-0.2, -0.15) is 0 Å². The fourth-order valence-corrected chi connectivity index (χ4v) is 1.65. The molecule has 0 N–H and O–H groups in total. The van der Waals surface area contributed by atoms with E-state index in [0.717, 1.165) is 0 Å². The van der Waals surface area contributed by atoms with Crippen LogP contribution in [0.2, 0.25) is 0 Å². The molecule has 0 unspecified atom stereocenters. The monoisotopic (exact) mass is 171 g/mol. The third kappa shape index (κ3) is 1.26. The average Bonchev–Trinajstić information content (AvgIpc) is 2.50. The van der Waals surface area contributed by atoms with E-state index in [2.05, 4.69) is 54.2 Å². The zero-order valence-electron chi connectivity index (χ0n) is 7.99. The number of fused-ring (bicyclic) bond motifs is 1. The predicted molar refractivity (Wildman–Crippen MR) is 57.6 cm³/mol. The van der Waals surface area contributed by atoms with Gasteiger partial charge in [-0.1, -0.05) is 24.3 Å². The summed E-state index contributed by atoms with van der Waals surface area (Å²) < 4.78 is 2.14. The second-order valence-corrected chi connectivity index (χ2v) is 3.21. The standard InChI is InChI=1S/C12H13N/c1-3-5-10-6-4-7-12-11(10)8-9-13(12)2/h3-9H,1-2H3/b5-3+. The summed E-state index contributed by atoms with van der Waals surface area (Å²) in [5.74, 6) is 0. The highest BCUT2D eigenvalue weighted by atomic mass is 14.9. The van der Waals surface area contributed by atoms with Crippen molar-refractivity contribution in [2.45, 2.75) is 6.92 Å². The van der Waals surface area contributed by atoms with Crippen molar-refractivity contribution in [2.24, 2.45) is 7.05 Å². The van der Waals surface area contributed by atoms with Crippen molar-refractivity contribution < 1.29 is 0 Å². The zero-order valence-corrected chi connectivity index (χ0v) is 7.99. The zero-order chi connectivity index (χ0) is 9.26. The number of allylic oxidation sites excluding steroid dienone is 1. The number of nitrogens with zero attached hydrogens (tertiary/aromatic N) is 1. The maximum Gasteiger partial charge on any atom is 0.0483 e. The summed E-state index contributed by atoms with van der Waals surface area (Å²) in [6.07, 6.45) is 6.31. The lowest BCUT2D eigenvalue weighted by Gasteiger charge is -1.98. The second kappa shape index (κ2) is 3.09. The third-order valence-corrected chi connectivity index (χ3v) is 2.31. The lowest BCUT2D eigenvalue weighted by molar-refractivity contribution is 0.969. The maximum absolute atomic E-state index is 2.16. The van der Waals surface area contributed by atoms with Gasteiger partial charge in [-0.25, -0.2) is 0 Å². The van der Waals surface area contributed by atoms with Crippen LogP contribution in [-0.2, 0) is 7.05 Å². The smallest absolute Gasteiger partial charge is 0.0483 e. The molecular formula is C12H13N. The van der Waals surface area contributed by atoms with Gasteiger partial charge in [-0.15, -0.1) is 0 Å². The number of benzene rings is 1. The number of aromatic nitrogens is 1. The summed E-state index contributed by atoms with van der Waals surface area (Å²) in [6, 6.07) is 8.53. The van der Waals surface area contributed by atoms with Gasteiger partial charge in [-0.05, 0) is 24.6 Å².